The molecule has 0 aromatic carbocycles. The number of nitrogens with zero attached hydrogens (tertiary/aromatic N) is 2. The maximum atomic E-state index is 9.40. The first-order chi connectivity index (χ1) is 10.1. The minimum absolute atomic E-state index is 0.192. The molecule has 1 fully saturated rings. The van der Waals surface area contributed by atoms with E-state index < -0.39 is 0 Å². The van der Waals surface area contributed by atoms with E-state index in [1.807, 2.05) is 25.4 Å². The predicted molar refractivity (Wildman–Crippen MR) is 86.0 cm³/mol. The van der Waals surface area contributed by atoms with Crippen LogP contribution in [-0.4, -0.2) is 46.8 Å². The standard InChI is InChI=1S/C17H29N3O/c1-14(10-15(2)21)11-19-17-5-8-20(9-6-17)13-16-4-3-7-18-12-16/h3-4,7,12,14-15,17,19,21H,5-6,8-11,13H2,1-2H3. The van der Waals surface area contributed by atoms with E-state index in [0.717, 1.165) is 32.6 Å². The number of rotatable bonds is 7. The maximum absolute atomic E-state index is 9.40. The lowest BCUT2D eigenvalue weighted by Gasteiger charge is -2.33. The van der Waals surface area contributed by atoms with E-state index in [4.69, 9.17) is 0 Å². The Morgan fingerprint density at radius 1 is 1.38 bits per heavy atom. The summed E-state index contributed by atoms with van der Waals surface area (Å²) in [4.78, 5) is 6.69. The second-order valence-electron chi connectivity index (χ2n) is 6.51. The van der Waals surface area contributed by atoms with Gasteiger partial charge in [0, 0.05) is 25.0 Å². The lowest BCUT2D eigenvalue weighted by molar-refractivity contribution is 0.156. The third-order valence-electron chi connectivity index (χ3n) is 4.22. The molecule has 0 spiro atoms. The molecule has 2 N–H and O–H groups in total. The fourth-order valence-corrected chi connectivity index (χ4v) is 3.08. The molecule has 2 heterocycles. The fourth-order valence-electron chi connectivity index (χ4n) is 3.08. The van der Waals surface area contributed by atoms with Gasteiger partial charge in [0.15, 0.2) is 0 Å². The second-order valence-corrected chi connectivity index (χ2v) is 6.51. The van der Waals surface area contributed by atoms with Gasteiger partial charge in [-0.1, -0.05) is 13.0 Å². The monoisotopic (exact) mass is 291 g/mol. The van der Waals surface area contributed by atoms with Crippen LogP contribution in [0.3, 0.4) is 0 Å². The van der Waals surface area contributed by atoms with Crippen LogP contribution in [0, 0.1) is 5.92 Å². The van der Waals surface area contributed by atoms with Crippen molar-refractivity contribution in [2.75, 3.05) is 19.6 Å². The van der Waals surface area contributed by atoms with Crippen molar-refractivity contribution in [2.45, 2.75) is 51.8 Å². The van der Waals surface area contributed by atoms with E-state index in [-0.39, 0.29) is 6.10 Å². The molecular formula is C17H29N3O. The molecule has 2 rings (SSSR count). The molecule has 2 atom stereocenters. The zero-order valence-electron chi connectivity index (χ0n) is 13.3. The fraction of sp³-hybridized carbons (Fsp3) is 0.706. The molecule has 1 saturated heterocycles. The summed E-state index contributed by atoms with van der Waals surface area (Å²) < 4.78 is 0. The van der Waals surface area contributed by atoms with Gasteiger partial charge in [0.1, 0.15) is 0 Å². The van der Waals surface area contributed by atoms with Crippen molar-refractivity contribution >= 4 is 0 Å². The average Bonchev–Trinajstić information content (AvgIpc) is 2.47. The Labute approximate surface area is 128 Å². The van der Waals surface area contributed by atoms with Crippen LogP contribution in [0.5, 0.6) is 0 Å². The van der Waals surface area contributed by atoms with Gasteiger partial charge in [-0.15, -0.1) is 0 Å². The number of nitrogens with one attached hydrogen (secondary N) is 1. The maximum Gasteiger partial charge on any atom is 0.0515 e. The molecule has 2 unspecified atom stereocenters. The van der Waals surface area contributed by atoms with E-state index in [2.05, 4.69) is 28.2 Å². The first-order valence-corrected chi connectivity index (χ1v) is 8.16. The smallest absolute Gasteiger partial charge is 0.0515 e. The van der Waals surface area contributed by atoms with Gasteiger partial charge in [0.05, 0.1) is 6.10 Å². The molecule has 1 aromatic heterocycles. The number of piperidine rings is 1. The summed E-state index contributed by atoms with van der Waals surface area (Å²) in [7, 11) is 0. The number of aromatic nitrogens is 1. The second kappa shape index (κ2) is 8.47. The van der Waals surface area contributed by atoms with Crippen LogP contribution >= 0.6 is 0 Å². The summed E-state index contributed by atoms with van der Waals surface area (Å²) in [5, 5.41) is 13.1. The van der Waals surface area contributed by atoms with Crippen LogP contribution in [-0.2, 0) is 6.54 Å². The molecule has 0 aliphatic carbocycles. The largest absolute Gasteiger partial charge is 0.393 e. The van der Waals surface area contributed by atoms with Gasteiger partial charge in [-0.3, -0.25) is 9.88 Å². The Bertz CT molecular complexity index is 388. The van der Waals surface area contributed by atoms with Crippen molar-refractivity contribution < 1.29 is 5.11 Å². The third-order valence-corrected chi connectivity index (χ3v) is 4.22. The van der Waals surface area contributed by atoms with Gasteiger partial charge in [0.25, 0.3) is 0 Å². The summed E-state index contributed by atoms with van der Waals surface area (Å²) in [6, 6.07) is 4.79. The zero-order chi connectivity index (χ0) is 15.1. The lowest BCUT2D eigenvalue weighted by Crippen LogP contribution is -2.43. The Morgan fingerprint density at radius 3 is 2.76 bits per heavy atom. The Kier molecular flexibility index (Phi) is 6.61. The van der Waals surface area contributed by atoms with Crippen LogP contribution in [0.25, 0.3) is 0 Å². The summed E-state index contributed by atoms with van der Waals surface area (Å²) in [5.41, 5.74) is 1.30. The van der Waals surface area contributed by atoms with Crippen molar-refractivity contribution in [1.82, 2.24) is 15.2 Å². The van der Waals surface area contributed by atoms with E-state index in [1.54, 1.807) is 0 Å². The van der Waals surface area contributed by atoms with Crippen molar-refractivity contribution in [3.8, 4) is 0 Å². The van der Waals surface area contributed by atoms with Crippen LogP contribution < -0.4 is 5.32 Å². The minimum atomic E-state index is -0.192. The van der Waals surface area contributed by atoms with Gasteiger partial charge in [-0.25, -0.2) is 0 Å². The SMILES string of the molecule is CC(O)CC(C)CNC1CCN(Cc2cccnc2)CC1. The van der Waals surface area contributed by atoms with Crippen molar-refractivity contribution in [3.63, 3.8) is 0 Å². The number of likely N-dealkylation sites (tertiary alicyclic amines) is 1. The lowest BCUT2D eigenvalue weighted by atomic mass is 10.0. The number of hydrogen-bond acceptors (Lipinski definition) is 4. The highest BCUT2D eigenvalue weighted by atomic mass is 16.3. The van der Waals surface area contributed by atoms with Crippen molar-refractivity contribution in [2.24, 2.45) is 5.92 Å². The molecule has 0 radical (unpaired) electrons. The minimum Gasteiger partial charge on any atom is -0.393 e. The Hall–Kier alpha value is -0.970. The summed E-state index contributed by atoms with van der Waals surface area (Å²) in [6.45, 7) is 8.40. The predicted octanol–water partition coefficient (Wildman–Crippen LogP) is 2.04. The third kappa shape index (κ3) is 6.12. The topological polar surface area (TPSA) is 48.4 Å². The van der Waals surface area contributed by atoms with Gasteiger partial charge in [-0.05, 0) is 63.4 Å². The molecule has 0 bridgehead atoms. The molecule has 4 nitrogen and oxygen atoms in total. The highest BCUT2D eigenvalue weighted by Gasteiger charge is 2.19. The molecule has 118 valence electrons. The van der Waals surface area contributed by atoms with Crippen LogP contribution in [0.1, 0.15) is 38.7 Å². The molecule has 4 heteroatoms. The number of hydrogen-bond donors (Lipinski definition) is 2. The number of aliphatic hydroxyl groups is 1. The van der Waals surface area contributed by atoms with E-state index in [0.29, 0.717) is 12.0 Å². The van der Waals surface area contributed by atoms with Gasteiger partial charge in [0.2, 0.25) is 0 Å². The van der Waals surface area contributed by atoms with E-state index in [1.165, 1.54) is 18.4 Å². The van der Waals surface area contributed by atoms with E-state index in [9.17, 15) is 5.11 Å². The average molecular weight is 291 g/mol. The summed E-state index contributed by atoms with van der Waals surface area (Å²) in [6.07, 6.45) is 6.90. The van der Waals surface area contributed by atoms with Crippen molar-refractivity contribution in [3.05, 3.63) is 30.1 Å². The highest BCUT2D eigenvalue weighted by molar-refractivity contribution is 5.08. The van der Waals surface area contributed by atoms with Crippen molar-refractivity contribution in [1.29, 1.82) is 0 Å². The first kappa shape index (κ1) is 16.4. The van der Waals surface area contributed by atoms with Gasteiger partial charge < -0.3 is 10.4 Å². The molecule has 1 aromatic rings. The van der Waals surface area contributed by atoms with E-state index >= 15 is 0 Å². The molecule has 1 aliphatic rings. The van der Waals surface area contributed by atoms with Crippen LogP contribution in [0.2, 0.25) is 0 Å². The molecular weight excluding hydrogens is 262 g/mol. The molecule has 1 aliphatic heterocycles. The molecule has 0 saturated carbocycles. The quantitative estimate of drug-likeness (QED) is 0.807. The zero-order valence-corrected chi connectivity index (χ0v) is 13.3. The van der Waals surface area contributed by atoms with Gasteiger partial charge in [-0.2, -0.15) is 0 Å². The van der Waals surface area contributed by atoms with Crippen LogP contribution in [0.15, 0.2) is 24.5 Å². The van der Waals surface area contributed by atoms with Crippen LogP contribution in [0.4, 0.5) is 0 Å². The Balaban J connectivity index is 1.64. The number of aliphatic hydroxyl groups excluding tert-OH is 1. The molecule has 0 amide bonds. The highest BCUT2D eigenvalue weighted by Crippen LogP contribution is 2.14. The normalized spacial score (nSPS) is 20.3. The molecule has 21 heavy (non-hydrogen) atoms. The summed E-state index contributed by atoms with van der Waals surface area (Å²) >= 11 is 0. The number of pyridine rings is 1. The van der Waals surface area contributed by atoms with Gasteiger partial charge >= 0.3 is 0 Å². The summed E-state index contributed by atoms with van der Waals surface area (Å²) in [5.74, 6) is 0.540. The first-order valence-electron chi connectivity index (χ1n) is 8.16. The Morgan fingerprint density at radius 2 is 2.14 bits per heavy atom.